The molecule has 1 fully saturated rings. The molecule has 0 unspecified atom stereocenters. The number of benzene rings is 2. The third-order valence-corrected chi connectivity index (χ3v) is 5.28. The van der Waals surface area contributed by atoms with Crippen molar-refractivity contribution >= 4 is 17.6 Å². The second kappa shape index (κ2) is 12.6. The Hall–Kier alpha value is -2.08. The monoisotopic (exact) mass is 429 g/mol. The van der Waals surface area contributed by atoms with Crippen molar-refractivity contribution in [2.24, 2.45) is 4.99 Å². The largest absolute Gasteiger partial charge is 0.381 e. The maximum Gasteiger partial charge on any atom is 0.191 e. The van der Waals surface area contributed by atoms with Crippen LogP contribution in [0.1, 0.15) is 36.5 Å². The molecule has 3 rings (SSSR count). The number of rotatable bonds is 9. The molecule has 0 radical (unpaired) electrons. The van der Waals surface area contributed by atoms with Crippen molar-refractivity contribution in [3.63, 3.8) is 0 Å². The van der Waals surface area contributed by atoms with E-state index in [2.05, 4.69) is 54.0 Å². The average Bonchev–Trinajstić information content (AvgIpc) is 2.78. The summed E-state index contributed by atoms with van der Waals surface area (Å²) in [5.41, 5.74) is 3.62. The van der Waals surface area contributed by atoms with Crippen LogP contribution >= 0.6 is 11.6 Å². The Kier molecular flexibility index (Phi) is 9.48. The van der Waals surface area contributed by atoms with Crippen LogP contribution in [0.15, 0.2) is 53.5 Å². The highest BCUT2D eigenvalue weighted by Crippen LogP contribution is 2.15. The molecule has 1 aliphatic heterocycles. The van der Waals surface area contributed by atoms with Crippen LogP contribution in [0.3, 0.4) is 0 Å². The molecule has 0 atom stereocenters. The molecule has 1 heterocycles. The molecule has 0 aromatic heterocycles. The van der Waals surface area contributed by atoms with Gasteiger partial charge in [-0.2, -0.15) is 0 Å². The summed E-state index contributed by atoms with van der Waals surface area (Å²) in [6, 6.07) is 16.4. The summed E-state index contributed by atoms with van der Waals surface area (Å²) in [7, 11) is 0. The topological polar surface area (TPSA) is 54.9 Å². The van der Waals surface area contributed by atoms with Crippen molar-refractivity contribution in [3.05, 3.63) is 70.2 Å². The lowest BCUT2D eigenvalue weighted by atomic mass is 10.1. The van der Waals surface area contributed by atoms with Gasteiger partial charge in [-0.15, -0.1) is 0 Å². The van der Waals surface area contributed by atoms with Crippen LogP contribution < -0.4 is 10.6 Å². The number of hydrogen-bond acceptors (Lipinski definition) is 3. The average molecular weight is 430 g/mol. The molecule has 6 heteroatoms. The molecule has 30 heavy (non-hydrogen) atoms. The molecule has 1 aliphatic rings. The molecular weight excluding hydrogens is 398 g/mol. The van der Waals surface area contributed by atoms with Crippen LogP contribution in [0.4, 0.5) is 0 Å². The van der Waals surface area contributed by atoms with Crippen LogP contribution in [0.2, 0.25) is 5.02 Å². The molecule has 162 valence electrons. The highest BCUT2D eigenvalue weighted by atomic mass is 35.5. The van der Waals surface area contributed by atoms with Crippen LogP contribution in [0, 0.1) is 0 Å². The van der Waals surface area contributed by atoms with Crippen molar-refractivity contribution in [1.29, 1.82) is 0 Å². The van der Waals surface area contributed by atoms with Gasteiger partial charge in [0.1, 0.15) is 0 Å². The van der Waals surface area contributed by atoms with E-state index in [0.29, 0.717) is 19.3 Å². The first-order valence-corrected chi connectivity index (χ1v) is 11.1. The van der Waals surface area contributed by atoms with E-state index in [0.717, 1.165) is 56.5 Å². The molecule has 0 aliphatic carbocycles. The maximum absolute atomic E-state index is 6.04. The third-order valence-electron chi connectivity index (χ3n) is 5.03. The highest BCUT2D eigenvalue weighted by Gasteiger charge is 2.14. The van der Waals surface area contributed by atoms with Crippen LogP contribution in [0.5, 0.6) is 0 Å². The van der Waals surface area contributed by atoms with Crippen molar-refractivity contribution in [1.82, 2.24) is 10.6 Å². The SMILES string of the molecule is CCNC(=NCc1cccc(COC2CCOCC2)c1)NCCc1ccc(Cl)cc1. The maximum atomic E-state index is 6.04. The van der Waals surface area contributed by atoms with E-state index in [1.807, 2.05) is 12.1 Å². The molecule has 0 saturated carbocycles. The van der Waals surface area contributed by atoms with Gasteiger partial charge in [0.25, 0.3) is 0 Å². The number of halogens is 1. The van der Waals surface area contributed by atoms with Gasteiger partial charge in [0.05, 0.1) is 19.3 Å². The van der Waals surface area contributed by atoms with E-state index in [1.165, 1.54) is 16.7 Å². The molecule has 2 N–H and O–H groups in total. The summed E-state index contributed by atoms with van der Waals surface area (Å²) in [4.78, 5) is 4.74. The fourth-order valence-corrected chi connectivity index (χ4v) is 3.49. The van der Waals surface area contributed by atoms with Gasteiger partial charge in [0.15, 0.2) is 5.96 Å². The molecule has 2 aromatic carbocycles. The van der Waals surface area contributed by atoms with Gasteiger partial charge < -0.3 is 20.1 Å². The van der Waals surface area contributed by atoms with E-state index in [4.69, 9.17) is 26.1 Å². The molecule has 0 bridgehead atoms. The number of nitrogens with zero attached hydrogens (tertiary/aromatic N) is 1. The normalized spacial score (nSPS) is 15.2. The number of aliphatic imine (C=N–C) groups is 1. The first-order chi connectivity index (χ1) is 14.7. The number of nitrogens with one attached hydrogen (secondary N) is 2. The fraction of sp³-hybridized carbons (Fsp3) is 0.458. The molecule has 0 spiro atoms. The summed E-state index contributed by atoms with van der Waals surface area (Å²) in [5.74, 6) is 0.829. The van der Waals surface area contributed by atoms with Gasteiger partial charge in [-0.1, -0.05) is 48.0 Å². The van der Waals surface area contributed by atoms with Crippen LogP contribution in [-0.4, -0.2) is 38.4 Å². The number of hydrogen-bond donors (Lipinski definition) is 2. The van der Waals surface area contributed by atoms with Gasteiger partial charge >= 0.3 is 0 Å². The van der Waals surface area contributed by atoms with E-state index >= 15 is 0 Å². The van der Waals surface area contributed by atoms with Gasteiger partial charge in [-0.05, 0) is 55.0 Å². The van der Waals surface area contributed by atoms with Gasteiger partial charge in [0.2, 0.25) is 0 Å². The first-order valence-electron chi connectivity index (χ1n) is 10.8. The Morgan fingerprint density at radius 1 is 1.07 bits per heavy atom. The molecule has 1 saturated heterocycles. The second-order valence-corrected chi connectivity index (χ2v) is 7.88. The minimum Gasteiger partial charge on any atom is -0.381 e. The summed E-state index contributed by atoms with van der Waals surface area (Å²) in [5, 5.41) is 7.48. The Morgan fingerprint density at radius 2 is 1.83 bits per heavy atom. The predicted octanol–water partition coefficient (Wildman–Crippen LogP) is 4.33. The lowest BCUT2D eigenvalue weighted by Gasteiger charge is -2.22. The zero-order valence-electron chi connectivity index (χ0n) is 17.7. The Balaban J connectivity index is 1.48. The van der Waals surface area contributed by atoms with E-state index in [9.17, 15) is 0 Å². The van der Waals surface area contributed by atoms with Gasteiger partial charge in [0, 0.05) is 31.3 Å². The van der Waals surface area contributed by atoms with Gasteiger partial charge in [-0.25, -0.2) is 4.99 Å². The number of ether oxygens (including phenoxy) is 2. The summed E-state index contributed by atoms with van der Waals surface area (Å²) in [6.45, 7) is 6.58. The lowest BCUT2D eigenvalue weighted by molar-refractivity contribution is -0.0390. The lowest BCUT2D eigenvalue weighted by Crippen LogP contribution is -2.38. The summed E-state index contributed by atoms with van der Waals surface area (Å²) in [6.07, 6.45) is 3.20. The third kappa shape index (κ3) is 7.98. The smallest absolute Gasteiger partial charge is 0.191 e. The predicted molar refractivity (Wildman–Crippen MR) is 123 cm³/mol. The zero-order chi connectivity index (χ0) is 21.0. The van der Waals surface area contributed by atoms with Gasteiger partial charge in [-0.3, -0.25) is 0 Å². The highest BCUT2D eigenvalue weighted by molar-refractivity contribution is 6.30. The molecule has 5 nitrogen and oxygen atoms in total. The van der Waals surface area contributed by atoms with E-state index in [-0.39, 0.29) is 0 Å². The quantitative estimate of drug-likeness (QED) is 0.460. The molecular formula is C24H32ClN3O2. The first kappa shape index (κ1) is 22.6. The number of guanidine groups is 1. The fourth-order valence-electron chi connectivity index (χ4n) is 3.36. The Labute approximate surface area is 184 Å². The van der Waals surface area contributed by atoms with Crippen molar-refractivity contribution in [2.75, 3.05) is 26.3 Å². The minimum atomic E-state index is 0.311. The minimum absolute atomic E-state index is 0.311. The molecule has 0 amide bonds. The zero-order valence-corrected chi connectivity index (χ0v) is 18.5. The van der Waals surface area contributed by atoms with Crippen molar-refractivity contribution in [3.8, 4) is 0 Å². The van der Waals surface area contributed by atoms with Crippen LogP contribution in [-0.2, 0) is 29.0 Å². The summed E-state index contributed by atoms with van der Waals surface area (Å²) < 4.78 is 11.4. The summed E-state index contributed by atoms with van der Waals surface area (Å²) >= 11 is 5.95. The molecule has 2 aromatic rings. The van der Waals surface area contributed by atoms with Crippen molar-refractivity contribution in [2.45, 2.75) is 45.4 Å². The second-order valence-electron chi connectivity index (χ2n) is 7.44. The van der Waals surface area contributed by atoms with E-state index < -0.39 is 0 Å². The Bertz CT molecular complexity index is 789. The standard InChI is InChI=1S/C24H32ClN3O2/c1-2-26-24(27-13-10-19-6-8-22(25)9-7-19)28-17-20-4-3-5-21(16-20)18-30-23-11-14-29-15-12-23/h3-9,16,23H,2,10-15,17-18H2,1H3,(H2,26,27,28). The Morgan fingerprint density at radius 3 is 2.60 bits per heavy atom. The van der Waals surface area contributed by atoms with Crippen molar-refractivity contribution < 1.29 is 9.47 Å². The van der Waals surface area contributed by atoms with Crippen LogP contribution in [0.25, 0.3) is 0 Å². The van der Waals surface area contributed by atoms with E-state index in [1.54, 1.807) is 0 Å².